The van der Waals surface area contributed by atoms with Crippen molar-refractivity contribution in [1.29, 1.82) is 0 Å². The predicted octanol–water partition coefficient (Wildman–Crippen LogP) is 0.836. The summed E-state index contributed by atoms with van der Waals surface area (Å²) in [7, 11) is -2.58. The number of carbonyl (C=O) groups is 1. The number of hydrogen-bond acceptors (Lipinski definition) is 3. The van der Waals surface area contributed by atoms with Crippen LogP contribution in [0.25, 0.3) is 0 Å². The van der Waals surface area contributed by atoms with E-state index in [2.05, 4.69) is 0 Å². The summed E-state index contributed by atoms with van der Waals surface area (Å²) < 4.78 is 10.3. The van der Waals surface area contributed by atoms with Crippen molar-refractivity contribution in [3.05, 3.63) is 0 Å². The average Bonchev–Trinajstić information content (AvgIpc) is 1.83. The van der Waals surface area contributed by atoms with E-state index in [1.165, 1.54) is 0 Å². The summed E-state index contributed by atoms with van der Waals surface area (Å²) in [5, 5.41) is 8.60. The molecule has 0 saturated carbocycles. The van der Waals surface area contributed by atoms with E-state index in [0.717, 1.165) is 0 Å². The highest BCUT2D eigenvalue weighted by Gasteiger charge is 2.24. The highest BCUT2D eigenvalue weighted by Crippen LogP contribution is 2.20. The highest BCUT2D eigenvalue weighted by atomic mass is 31.1. The van der Waals surface area contributed by atoms with Crippen LogP contribution in [0.15, 0.2) is 0 Å². The summed E-state index contributed by atoms with van der Waals surface area (Å²) in [6, 6.07) is 0. The fourth-order valence-electron chi connectivity index (χ4n) is 1.00. The Morgan fingerprint density at radius 1 is 1.58 bits per heavy atom. The zero-order valence-corrected chi connectivity index (χ0v) is 8.08. The molecule has 0 aromatic rings. The minimum Gasteiger partial charge on any atom is -0.596 e. The molecular weight excluding hydrogens is 179 g/mol. The van der Waals surface area contributed by atoms with Crippen molar-refractivity contribution in [1.82, 2.24) is 0 Å². The van der Waals surface area contributed by atoms with Crippen LogP contribution in [-0.4, -0.2) is 17.2 Å². The molecule has 0 aliphatic carbocycles. The lowest BCUT2D eigenvalue weighted by Gasteiger charge is -2.09. The molecule has 0 aromatic heterocycles. The molecule has 0 aliphatic heterocycles. The molecule has 0 heterocycles. The van der Waals surface area contributed by atoms with Gasteiger partial charge in [-0.25, -0.2) is 0 Å². The Hall–Kier alpha value is -0.470. The third-order valence-electron chi connectivity index (χ3n) is 1.47. The molecule has 12 heavy (non-hydrogen) atoms. The molecule has 1 N–H and O–H groups in total. The van der Waals surface area contributed by atoms with Gasteiger partial charge in [-0.2, -0.15) is 0 Å². The van der Waals surface area contributed by atoms with Crippen LogP contribution in [0, 0.1) is 11.8 Å². The summed E-state index contributed by atoms with van der Waals surface area (Å²) in [5.74, 6) is -1.56. The summed E-state index contributed by atoms with van der Waals surface area (Å²) in [4.78, 5) is 20.8. The van der Waals surface area contributed by atoms with Crippen molar-refractivity contribution < 1.29 is 19.4 Å². The molecule has 5 heteroatoms. The smallest absolute Gasteiger partial charge is 0.310 e. The van der Waals surface area contributed by atoms with Crippen LogP contribution in [-0.2, 0) is 9.36 Å². The Balaban J connectivity index is 4.04. The van der Waals surface area contributed by atoms with Gasteiger partial charge in [0, 0.05) is 0 Å². The molecule has 2 unspecified atom stereocenters. The van der Waals surface area contributed by atoms with Crippen molar-refractivity contribution in [3.8, 4) is 0 Å². The van der Waals surface area contributed by atoms with Gasteiger partial charge in [-0.15, -0.1) is 0 Å². The number of rotatable bonds is 5. The lowest BCUT2D eigenvalue weighted by atomic mass is 9.99. The van der Waals surface area contributed by atoms with E-state index in [-0.39, 0.29) is 12.1 Å². The normalized spacial score (nSPS) is 14.5. The predicted molar refractivity (Wildman–Crippen MR) is 43.1 cm³/mol. The second kappa shape index (κ2) is 5.22. The summed E-state index contributed by atoms with van der Waals surface area (Å²) in [5.41, 5.74) is 0. The maximum Gasteiger partial charge on any atom is 0.310 e. The van der Waals surface area contributed by atoms with Crippen molar-refractivity contribution >= 4 is 14.0 Å². The Kier molecular flexibility index (Phi) is 5.02. The quantitative estimate of drug-likeness (QED) is 0.654. The zero-order valence-electron chi connectivity index (χ0n) is 7.19. The van der Waals surface area contributed by atoms with Crippen molar-refractivity contribution in [2.45, 2.75) is 20.3 Å². The van der Waals surface area contributed by atoms with Crippen LogP contribution < -0.4 is 4.89 Å². The fraction of sp³-hybridized carbons (Fsp3) is 0.857. The number of hydrogen-bond donors (Lipinski definition) is 1. The lowest BCUT2D eigenvalue weighted by molar-refractivity contribution is -0.166. The first kappa shape index (κ1) is 11.5. The first-order valence-corrected chi connectivity index (χ1v) is 5.14. The van der Waals surface area contributed by atoms with E-state index >= 15 is 0 Å². The molecule has 70 valence electrons. The zero-order chi connectivity index (χ0) is 9.72. The summed E-state index contributed by atoms with van der Waals surface area (Å²) in [6.07, 6.45) is 0.168. The molecule has 0 fully saturated rings. The molecule has 0 spiro atoms. The number of aliphatic carboxylic acids is 1. The lowest BCUT2D eigenvalue weighted by Crippen LogP contribution is -2.19. The topological polar surface area (TPSA) is 77.4 Å². The minimum absolute atomic E-state index is 0.209. The SMILES string of the molecule is CC(C)CC(C[P+](=O)[O-])C(=O)O. The molecule has 0 rings (SSSR count). The number of carboxylic acid groups (broad SMARTS) is 1. The molecule has 0 bridgehead atoms. The first-order chi connectivity index (χ1) is 5.43. The second-order valence-corrected chi connectivity index (χ2v) is 4.21. The molecular formula is C7H13O4P. The van der Waals surface area contributed by atoms with Gasteiger partial charge >= 0.3 is 14.0 Å². The summed E-state index contributed by atoms with van der Waals surface area (Å²) in [6.45, 7) is 3.74. The standard InChI is InChI=1S/C7H13O4P/c1-5(2)3-6(7(8)9)4-12(10)11/h5-6H,3-4H2,1-2H3,(H,8,9). The Labute approximate surface area is 72.5 Å². The first-order valence-electron chi connectivity index (χ1n) is 3.78. The van der Waals surface area contributed by atoms with Crippen molar-refractivity contribution in [2.24, 2.45) is 11.8 Å². The van der Waals surface area contributed by atoms with E-state index in [1.807, 2.05) is 13.8 Å². The van der Waals surface area contributed by atoms with Gasteiger partial charge in [0.05, 0.1) is 0 Å². The molecule has 0 saturated heterocycles. The van der Waals surface area contributed by atoms with Crippen LogP contribution in [0.3, 0.4) is 0 Å². The van der Waals surface area contributed by atoms with Gasteiger partial charge in [0.25, 0.3) is 0 Å². The highest BCUT2D eigenvalue weighted by molar-refractivity contribution is 7.36. The van der Waals surface area contributed by atoms with E-state index in [9.17, 15) is 14.3 Å². The third kappa shape index (κ3) is 5.22. The average molecular weight is 192 g/mol. The van der Waals surface area contributed by atoms with Gasteiger partial charge in [0.1, 0.15) is 5.92 Å². The van der Waals surface area contributed by atoms with E-state index in [4.69, 9.17) is 5.11 Å². The Morgan fingerprint density at radius 3 is 2.33 bits per heavy atom. The summed E-state index contributed by atoms with van der Waals surface area (Å²) >= 11 is 0. The molecule has 0 aliphatic rings. The van der Waals surface area contributed by atoms with Crippen molar-refractivity contribution in [2.75, 3.05) is 6.16 Å². The van der Waals surface area contributed by atoms with Crippen molar-refractivity contribution in [3.63, 3.8) is 0 Å². The third-order valence-corrected chi connectivity index (χ3v) is 2.21. The van der Waals surface area contributed by atoms with Gasteiger partial charge in [-0.1, -0.05) is 18.4 Å². The largest absolute Gasteiger partial charge is 0.596 e. The molecule has 0 amide bonds. The monoisotopic (exact) mass is 192 g/mol. The van der Waals surface area contributed by atoms with E-state index in [0.29, 0.717) is 6.42 Å². The minimum atomic E-state index is -2.58. The van der Waals surface area contributed by atoms with Gasteiger partial charge in [-0.05, 0) is 12.3 Å². The van der Waals surface area contributed by atoms with E-state index < -0.39 is 19.9 Å². The van der Waals surface area contributed by atoms with Gasteiger partial charge < -0.3 is 10.00 Å². The van der Waals surface area contributed by atoms with Crippen LogP contribution >= 0.6 is 8.03 Å². The second-order valence-electron chi connectivity index (χ2n) is 3.18. The fourth-order valence-corrected chi connectivity index (χ4v) is 1.67. The maximum atomic E-state index is 10.5. The molecule has 0 aromatic carbocycles. The van der Waals surface area contributed by atoms with E-state index in [1.54, 1.807) is 0 Å². The van der Waals surface area contributed by atoms with Crippen LogP contribution in [0.2, 0.25) is 0 Å². The van der Waals surface area contributed by atoms with Gasteiger partial charge in [0.2, 0.25) is 0 Å². The molecule has 2 atom stereocenters. The molecule has 4 nitrogen and oxygen atoms in total. The Morgan fingerprint density at radius 2 is 2.08 bits per heavy atom. The van der Waals surface area contributed by atoms with Gasteiger partial charge in [-0.3, -0.25) is 4.79 Å². The van der Waals surface area contributed by atoms with Gasteiger partial charge in [0.15, 0.2) is 6.16 Å². The maximum absolute atomic E-state index is 10.5. The Bertz CT molecular complexity index is 178. The molecule has 0 radical (unpaired) electrons. The number of carboxylic acids is 1. The van der Waals surface area contributed by atoms with Crippen LogP contribution in [0.5, 0.6) is 0 Å². The van der Waals surface area contributed by atoms with Crippen LogP contribution in [0.4, 0.5) is 0 Å². The van der Waals surface area contributed by atoms with Crippen LogP contribution in [0.1, 0.15) is 20.3 Å².